The fourth-order valence-corrected chi connectivity index (χ4v) is 2.77. The van der Waals surface area contributed by atoms with Crippen LogP contribution in [0.15, 0.2) is 4.79 Å². The molecule has 0 aliphatic heterocycles. The number of aryl methyl sites for hydroxylation is 3. The van der Waals surface area contributed by atoms with Crippen LogP contribution in [0.25, 0.3) is 0 Å². The van der Waals surface area contributed by atoms with E-state index in [1.165, 1.54) is 7.11 Å². The molecule has 0 aromatic carbocycles. The van der Waals surface area contributed by atoms with E-state index in [1.807, 2.05) is 20.9 Å². The van der Waals surface area contributed by atoms with Gasteiger partial charge in [-0.2, -0.15) is 5.10 Å². The number of carbonyl (C=O) groups excluding carboxylic acids is 1. The molecule has 1 unspecified atom stereocenters. The van der Waals surface area contributed by atoms with Crippen molar-refractivity contribution in [1.82, 2.24) is 20.0 Å². The highest BCUT2D eigenvalue weighted by molar-refractivity contribution is 5.71. The Kier molecular flexibility index (Phi) is 4.02. The van der Waals surface area contributed by atoms with Crippen LogP contribution in [-0.2, 0) is 16.6 Å². The Balaban J connectivity index is 2.62. The van der Waals surface area contributed by atoms with E-state index < -0.39 is 0 Å². The van der Waals surface area contributed by atoms with E-state index in [2.05, 4.69) is 15.3 Å². The average molecular weight is 292 g/mol. The van der Waals surface area contributed by atoms with E-state index in [1.54, 1.807) is 11.6 Å². The van der Waals surface area contributed by atoms with Crippen LogP contribution in [0, 0.1) is 20.8 Å². The summed E-state index contributed by atoms with van der Waals surface area (Å²) in [6.45, 7) is 5.61. The fourth-order valence-electron chi connectivity index (χ4n) is 2.77. The molecule has 2 N–H and O–H groups in total. The second-order valence-corrected chi connectivity index (χ2v) is 5.16. The van der Waals surface area contributed by atoms with Crippen molar-refractivity contribution in [2.24, 2.45) is 7.05 Å². The highest BCUT2D eigenvalue weighted by atomic mass is 16.5. The molecule has 21 heavy (non-hydrogen) atoms. The first kappa shape index (κ1) is 15.1. The second kappa shape index (κ2) is 5.59. The summed E-state index contributed by atoms with van der Waals surface area (Å²) in [5.41, 5.74) is 3.70. The van der Waals surface area contributed by atoms with Gasteiger partial charge in [0, 0.05) is 35.5 Å². The van der Waals surface area contributed by atoms with E-state index in [0.717, 1.165) is 22.6 Å². The maximum absolute atomic E-state index is 12.1. The molecular formula is C14H20N4O3. The highest BCUT2D eigenvalue weighted by Gasteiger charge is 2.29. The molecule has 0 aliphatic carbocycles. The van der Waals surface area contributed by atoms with Gasteiger partial charge in [0.1, 0.15) is 0 Å². The van der Waals surface area contributed by atoms with Crippen molar-refractivity contribution in [2.75, 3.05) is 7.11 Å². The van der Waals surface area contributed by atoms with Crippen LogP contribution >= 0.6 is 0 Å². The van der Waals surface area contributed by atoms with Gasteiger partial charge in [-0.15, -0.1) is 0 Å². The van der Waals surface area contributed by atoms with Gasteiger partial charge in [-0.05, 0) is 20.8 Å². The predicted molar refractivity (Wildman–Crippen MR) is 77.3 cm³/mol. The van der Waals surface area contributed by atoms with Gasteiger partial charge in [0.05, 0.1) is 19.2 Å². The van der Waals surface area contributed by atoms with E-state index in [0.29, 0.717) is 5.56 Å². The zero-order valence-electron chi connectivity index (χ0n) is 12.9. The predicted octanol–water partition coefficient (Wildman–Crippen LogP) is 1.06. The maximum Gasteiger partial charge on any atom is 0.306 e. The lowest BCUT2D eigenvalue weighted by molar-refractivity contribution is -0.140. The van der Waals surface area contributed by atoms with Gasteiger partial charge in [-0.25, -0.2) is 0 Å². The highest BCUT2D eigenvalue weighted by Crippen LogP contribution is 2.32. The molecular weight excluding hydrogens is 272 g/mol. The van der Waals surface area contributed by atoms with Gasteiger partial charge >= 0.3 is 5.97 Å². The van der Waals surface area contributed by atoms with Crippen LogP contribution in [0.1, 0.15) is 40.5 Å². The van der Waals surface area contributed by atoms with Crippen molar-refractivity contribution in [3.05, 3.63) is 38.6 Å². The lowest BCUT2D eigenvalue weighted by atomic mass is 9.87. The molecule has 0 saturated carbocycles. The zero-order chi connectivity index (χ0) is 15.7. The molecule has 0 amide bonds. The van der Waals surface area contributed by atoms with Crippen LogP contribution < -0.4 is 5.56 Å². The maximum atomic E-state index is 12.1. The smallest absolute Gasteiger partial charge is 0.306 e. The van der Waals surface area contributed by atoms with Gasteiger partial charge in [0.15, 0.2) is 0 Å². The number of hydrogen-bond donors (Lipinski definition) is 2. The summed E-state index contributed by atoms with van der Waals surface area (Å²) < 4.78 is 6.53. The molecule has 0 fully saturated rings. The third-order valence-electron chi connectivity index (χ3n) is 3.87. The molecule has 2 rings (SSSR count). The lowest BCUT2D eigenvalue weighted by Crippen LogP contribution is -2.18. The number of nitrogens with one attached hydrogen (secondary N) is 2. The largest absolute Gasteiger partial charge is 0.469 e. The van der Waals surface area contributed by atoms with Gasteiger partial charge in [0.2, 0.25) is 0 Å². The van der Waals surface area contributed by atoms with Gasteiger partial charge in [0.25, 0.3) is 5.56 Å². The number of aromatic nitrogens is 4. The quantitative estimate of drug-likeness (QED) is 0.824. The van der Waals surface area contributed by atoms with Crippen molar-refractivity contribution in [3.8, 4) is 0 Å². The number of nitrogens with zero attached hydrogens (tertiary/aromatic N) is 2. The first-order valence-electron chi connectivity index (χ1n) is 6.70. The van der Waals surface area contributed by atoms with E-state index in [4.69, 9.17) is 4.74 Å². The number of carbonyl (C=O) groups is 1. The summed E-state index contributed by atoms with van der Waals surface area (Å²) in [5.74, 6) is -0.733. The van der Waals surface area contributed by atoms with Gasteiger partial charge in [-0.3, -0.25) is 19.4 Å². The van der Waals surface area contributed by atoms with E-state index >= 15 is 0 Å². The fraction of sp³-hybridized carbons (Fsp3) is 0.500. The summed E-state index contributed by atoms with van der Waals surface area (Å²) in [5, 5.41) is 9.75. The number of esters is 1. The number of hydrogen-bond acceptors (Lipinski definition) is 4. The topological polar surface area (TPSA) is 92.8 Å². The van der Waals surface area contributed by atoms with Crippen molar-refractivity contribution >= 4 is 5.97 Å². The minimum absolute atomic E-state index is 0.103. The Labute approximate surface area is 122 Å². The van der Waals surface area contributed by atoms with Crippen LogP contribution in [0.5, 0.6) is 0 Å². The molecule has 0 bridgehead atoms. The lowest BCUT2D eigenvalue weighted by Gasteiger charge is -2.16. The summed E-state index contributed by atoms with van der Waals surface area (Å²) in [6.07, 6.45) is 0.103. The Morgan fingerprint density at radius 1 is 1.29 bits per heavy atom. The SMILES string of the molecule is COC(=O)CC(c1c(C)nn(C)c1C)c1c(C)[nH][nH]c1=O. The molecule has 0 spiro atoms. The molecule has 0 aliphatic rings. The van der Waals surface area contributed by atoms with Crippen LogP contribution in [0.4, 0.5) is 0 Å². The van der Waals surface area contributed by atoms with Crippen LogP contribution in [-0.4, -0.2) is 33.1 Å². The Morgan fingerprint density at radius 3 is 2.38 bits per heavy atom. The molecule has 0 radical (unpaired) electrons. The number of aromatic amines is 2. The van der Waals surface area contributed by atoms with Crippen molar-refractivity contribution in [2.45, 2.75) is 33.1 Å². The normalized spacial score (nSPS) is 12.4. The van der Waals surface area contributed by atoms with Crippen molar-refractivity contribution in [1.29, 1.82) is 0 Å². The van der Waals surface area contributed by atoms with E-state index in [9.17, 15) is 9.59 Å². The molecule has 2 aromatic rings. The van der Waals surface area contributed by atoms with Crippen LogP contribution in [0.2, 0.25) is 0 Å². The minimum Gasteiger partial charge on any atom is -0.469 e. The molecule has 7 heteroatoms. The first-order valence-corrected chi connectivity index (χ1v) is 6.70. The first-order chi connectivity index (χ1) is 9.86. The standard InChI is InChI=1S/C14H20N4O3/c1-7-13(14(20)16-15-7)10(6-11(19)21-5)12-8(2)17-18(4)9(12)3/h10H,6H2,1-5H3,(H2,15,16,20). The third-order valence-corrected chi connectivity index (χ3v) is 3.87. The number of rotatable bonds is 4. The number of ether oxygens (including phenoxy) is 1. The Bertz CT molecular complexity index is 723. The monoisotopic (exact) mass is 292 g/mol. The molecule has 7 nitrogen and oxygen atoms in total. The molecule has 0 saturated heterocycles. The molecule has 2 heterocycles. The summed E-state index contributed by atoms with van der Waals surface area (Å²) >= 11 is 0. The summed E-state index contributed by atoms with van der Waals surface area (Å²) in [6, 6.07) is 0. The zero-order valence-corrected chi connectivity index (χ0v) is 12.9. The summed E-state index contributed by atoms with van der Waals surface area (Å²) in [7, 11) is 3.19. The molecule has 2 aromatic heterocycles. The van der Waals surface area contributed by atoms with Crippen LogP contribution in [0.3, 0.4) is 0 Å². The number of H-pyrrole nitrogens is 2. The second-order valence-electron chi connectivity index (χ2n) is 5.16. The van der Waals surface area contributed by atoms with Crippen molar-refractivity contribution in [3.63, 3.8) is 0 Å². The average Bonchev–Trinajstić information content (AvgIpc) is 2.88. The molecule has 114 valence electrons. The Hall–Kier alpha value is -2.31. The molecule has 1 atom stereocenters. The van der Waals surface area contributed by atoms with Gasteiger partial charge < -0.3 is 9.84 Å². The minimum atomic E-state index is -0.374. The van der Waals surface area contributed by atoms with E-state index in [-0.39, 0.29) is 23.9 Å². The van der Waals surface area contributed by atoms with Gasteiger partial charge in [-0.1, -0.05) is 0 Å². The number of methoxy groups -OCH3 is 1. The Morgan fingerprint density at radius 2 is 1.95 bits per heavy atom. The summed E-state index contributed by atoms with van der Waals surface area (Å²) in [4.78, 5) is 23.9. The van der Waals surface area contributed by atoms with Crippen molar-refractivity contribution < 1.29 is 9.53 Å². The third kappa shape index (κ3) is 2.63.